The lowest BCUT2D eigenvalue weighted by molar-refractivity contribution is -0.135. The van der Waals surface area contributed by atoms with Crippen molar-refractivity contribution < 1.29 is 9.59 Å². The number of aromatic nitrogens is 2. The van der Waals surface area contributed by atoms with Crippen LogP contribution in [0.15, 0.2) is 54.9 Å². The predicted molar refractivity (Wildman–Crippen MR) is 137 cm³/mol. The Hall–Kier alpha value is -3.32. The van der Waals surface area contributed by atoms with E-state index in [9.17, 15) is 9.59 Å². The Morgan fingerprint density at radius 1 is 0.943 bits per heavy atom. The van der Waals surface area contributed by atoms with E-state index in [1.165, 1.54) is 6.42 Å². The summed E-state index contributed by atoms with van der Waals surface area (Å²) in [6.07, 6.45) is 4.69. The Morgan fingerprint density at radius 2 is 1.69 bits per heavy atom. The van der Waals surface area contributed by atoms with Crippen LogP contribution < -0.4 is 0 Å². The molecule has 2 aliphatic rings. The van der Waals surface area contributed by atoms with Gasteiger partial charge in [-0.25, -0.2) is 4.98 Å². The molecule has 2 amide bonds. The number of pyridine rings is 2. The first-order chi connectivity index (χ1) is 17.0. The topological polar surface area (TPSA) is 69.6 Å². The molecule has 0 radical (unpaired) electrons. The smallest absolute Gasteiger partial charge is 0.254 e. The number of nitrogens with zero attached hydrogens (tertiary/aromatic N) is 5. The predicted octanol–water partition coefficient (Wildman–Crippen LogP) is 3.56. The van der Waals surface area contributed by atoms with Crippen molar-refractivity contribution >= 4 is 22.7 Å². The van der Waals surface area contributed by atoms with Gasteiger partial charge in [-0.2, -0.15) is 0 Å². The summed E-state index contributed by atoms with van der Waals surface area (Å²) in [5.41, 5.74) is 3.09. The number of carbonyl (C=O) groups excluding carboxylic acids is 2. The van der Waals surface area contributed by atoms with Gasteiger partial charge in [0.25, 0.3) is 5.91 Å². The molecule has 35 heavy (non-hydrogen) atoms. The van der Waals surface area contributed by atoms with E-state index in [0.29, 0.717) is 50.1 Å². The monoisotopic (exact) mass is 471 g/mol. The number of rotatable bonds is 4. The number of para-hydroxylation sites is 1. The van der Waals surface area contributed by atoms with Crippen molar-refractivity contribution in [3.05, 3.63) is 60.4 Å². The quantitative estimate of drug-likeness (QED) is 0.582. The largest absolute Gasteiger partial charge is 0.341 e. The maximum Gasteiger partial charge on any atom is 0.254 e. The van der Waals surface area contributed by atoms with Crippen molar-refractivity contribution in [2.45, 2.75) is 20.3 Å². The van der Waals surface area contributed by atoms with Crippen molar-refractivity contribution in [2.24, 2.45) is 11.8 Å². The molecule has 2 saturated heterocycles. The van der Waals surface area contributed by atoms with Crippen molar-refractivity contribution in [3.63, 3.8) is 0 Å². The van der Waals surface area contributed by atoms with Crippen LogP contribution in [-0.4, -0.2) is 82.3 Å². The Labute approximate surface area is 206 Å². The molecule has 2 aliphatic heterocycles. The molecule has 7 heteroatoms. The first-order valence-electron chi connectivity index (χ1n) is 12.6. The van der Waals surface area contributed by atoms with Gasteiger partial charge in [-0.15, -0.1) is 0 Å². The number of piperazine rings is 1. The van der Waals surface area contributed by atoms with Gasteiger partial charge in [-0.1, -0.05) is 32.0 Å². The maximum atomic E-state index is 13.6. The molecule has 2 fully saturated rings. The van der Waals surface area contributed by atoms with E-state index in [2.05, 4.69) is 23.7 Å². The fourth-order valence-corrected chi connectivity index (χ4v) is 5.45. The van der Waals surface area contributed by atoms with E-state index < -0.39 is 0 Å². The molecule has 0 spiro atoms. The average molecular weight is 472 g/mol. The van der Waals surface area contributed by atoms with Crippen LogP contribution in [0.1, 0.15) is 30.6 Å². The van der Waals surface area contributed by atoms with Gasteiger partial charge in [-0.3, -0.25) is 19.5 Å². The van der Waals surface area contributed by atoms with E-state index in [1.807, 2.05) is 52.3 Å². The van der Waals surface area contributed by atoms with Gasteiger partial charge in [0.15, 0.2) is 0 Å². The number of hydrogen-bond acceptors (Lipinski definition) is 5. The van der Waals surface area contributed by atoms with Crippen molar-refractivity contribution in [1.82, 2.24) is 24.7 Å². The van der Waals surface area contributed by atoms with E-state index in [0.717, 1.165) is 35.2 Å². The van der Waals surface area contributed by atoms with E-state index in [1.54, 1.807) is 12.4 Å². The van der Waals surface area contributed by atoms with Crippen LogP contribution in [-0.2, 0) is 4.79 Å². The van der Waals surface area contributed by atoms with Crippen LogP contribution in [0, 0.1) is 11.8 Å². The van der Waals surface area contributed by atoms with Crippen LogP contribution in [0.5, 0.6) is 0 Å². The van der Waals surface area contributed by atoms with E-state index in [4.69, 9.17) is 4.98 Å². The molecule has 0 unspecified atom stereocenters. The lowest BCUT2D eigenvalue weighted by Gasteiger charge is -2.38. The van der Waals surface area contributed by atoms with Gasteiger partial charge >= 0.3 is 0 Å². The molecule has 0 N–H and O–H groups in total. The summed E-state index contributed by atoms with van der Waals surface area (Å²) >= 11 is 0. The Kier molecular flexibility index (Phi) is 6.77. The molecule has 2 aromatic heterocycles. The number of amides is 2. The zero-order valence-corrected chi connectivity index (χ0v) is 20.6. The minimum absolute atomic E-state index is 0.0124. The van der Waals surface area contributed by atoms with Gasteiger partial charge < -0.3 is 9.80 Å². The molecule has 7 nitrogen and oxygen atoms in total. The minimum Gasteiger partial charge on any atom is -0.341 e. The van der Waals surface area contributed by atoms with Crippen molar-refractivity contribution in [1.29, 1.82) is 0 Å². The molecule has 0 bridgehead atoms. The van der Waals surface area contributed by atoms with E-state index >= 15 is 0 Å². The Balaban J connectivity index is 1.28. The summed E-state index contributed by atoms with van der Waals surface area (Å²) in [5.74, 6) is 1.34. The second-order valence-electron chi connectivity index (χ2n) is 10.1. The van der Waals surface area contributed by atoms with Crippen molar-refractivity contribution in [3.8, 4) is 11.3 Å². The minimum atomic E-state index is 0.0124. The highest BCUT2D eigenvalue weighted by Crippen LogP contribution is 2.26. The van der Waals surface area contributed by atoms with Crippen LogP contribution in [0.3, 0.4) is 0 Å². The zero-order valence-electron chi connectivity index (χ0n) is 20.6. The first-order valence-corrected chi connectivity index (χ1v) is 12.6. The number of fused-ring (bicyclic) bond motifs is 1. The van der Waals surface area contributed by atoms with E-state index in [-0.39, 0.29) is 11.8 Å². The third kappa shape index (κ3) is 5.20. The molecular weight excluding hydrogens is 438 g/mol. The summed E-state index contributed by atoms with van der Waals surface area (Å²) in [7, 11) is 0. The summed E-state index contributed by atoms with van der Waals surface area (Å²) in [5, 5.41) is 0.857. The molecular formula is C28H33N5O2. The average Bonchev–Trinajstić information content (AvgIpc) is 2.88. The highest BCUT2D eigenvalue weighted by atomic mass is 16.2. The standard InChI is InChI=1S/C28H33N5O2/c1-20-14-21(2)18-33(17-20)27(34)19-31-10-12-32(13-11-31)28(35)24-15-26(22-6-5-9-29-16-22)30-25-8-4-3-7-23(24)25/h3-9,15-16,20-21H,10-14,17-19H2,1-2H3/t20-,21-/m1/s1. The third-order valence-corrected chi connectivity index (χ3v) is 7.14. The van der Waals surface area contributed by atoms with Crippen LogP contribution in [0.25, 0.3) is 22.2 Å². The molecule has 182 valence electrons. The highest BCUT2D eigenvalue weighted by molar-refractivity contribution is 6.07. The van der Waals surface area contributed by atoms with Gasteiger partial charge in [0, 0.05) is 62.6 Å². The molecule has 4 heterocycles. The van der Waals surface area contributed by atoms with Crippen LogP contribution in [0.4, 0.5) is 0 Å². The van der Waals surface area contributed by atoms with Crippen LogP contribution in [0.2, 0.25) is 0 Å². The lowest BCUT2D eigenvalue weighted by Crippen LogP contribution is -2.53. The summed E-state index contributed by atoms with van der Waals surface area (Å²) < 4.78 is 0. The van der Waals surface area contributed by atoms with Crippen LogP contribution >= 0.6 is 0 Å². The second kappa shape index (κ2) is 10.1. The molecule has 2 atom stereocenters. The zero-order chi connectivity index (χ0) is 24.4. The first kappa shape index (κ1) is 23.4. The number of hydrogen-bond donors (Lipinski definition) is 0. The molecule has 0 saturated carbocycles. The second-order valence-corrected chi connectivity index (χ2v) is 10.1. The third-order valence-electron chi connectivity index (χ3n) is 7.14. The fraction of sp³-hybridized carbons (Fsp3) is 0.429. The number of carbonyl (C=O) groups is 2. The lowest BCUT2D eigenvalue weighted by atomic mass is 9.92. The Bertz CT molecular complexity index is 1200. The molecule has 0 aliphatic carbocycles. The normalized spacial score (nSPS) is 21.3. The summed E-state index contributed by atoms with van der Waals surface area (Å²) in [4.78, 5) is 41.6. The van der Waals surface area contributed by atoms with Crippen molar-refractivity contribution in [2.75, 3.05) is 45.8 Å². The number of benzene rings is 1. The van der Waals surface area contributed by atoms with Gasteiger partial charge in [0.2, 0.25) is 5.91 Å². The number of likely N-dealkylation sites (tertiary alicyclic amines) is 1. The van der Waals surface area contributed by atoms with Gasteiger partial charge in [-0.05, 0) is 42.5 Å². The maximum absolute atomic E-state index is 13.6. The molecule has 3 aromatic rings. The van der Waals surface area contributed by atoms with Gasteiger partial charge in [0.05, 0.1) is 23.3 Å². The highest BCUT2D eigenvalue weighted by Gasteiger charge is 2.29. The number of piperidine rings is 1. The fourth-order valence-electron chi connectivity index (χ4n) is 5.45. The Morgan fingerprint density at radius 3 is 2.40 bits per heavy atom. The molecule has 5 rings (SSSR count). The van der Waals surface area contributed by atoms with Gasteiger partial charge in [0.1, 0.15) is 0 Å². The summed E-state index contributed by atoms with van der Waals surface area (Å²) in [6, 6.07) is 13.5. The molecule has 1 aromatic carbocycles. The summed E-state index contributed by atoms with van der Waals surface area (Å²) in [6.45, 7) is 9.22. The SMILES string of the molecule is C[C@@H]1C[C@@H](C)CN(C(=O)CN2CCN(C(=O)c3cc(-c4cccnc4)nc4ccccc34)CC2)C1.